The molecule has 0 amide bonds. The molecule has 0 saturated heterocycles. The van der Waals surface area contributed by atoms with E-state index in [-0.39, 0.29) is 0 Å². The third-order valence-electron chi connectivity index (χ3n) is 5.91. The molecule has 3 atom stereocenters. The minimum absolute atomic E-state index is 0.666. The van der Waals surface area contributed by atoms with Gasteiger partial charge in [0.2, 0.25) is 0 Å². The molecule has 2 aliphatic carbocycles. The van der Waals surface area contributed by atoms with Gasteiger partial charge < -0.3 is 0 Å². The van der Waals surface area contributed by atoms with E-state index in [1.807, 2.05) is 11.8 Å². The molecular weight excluding hydrogens is 212 g/mol. The molecule has 0 spiro atoms. The summed E-state index contributed by atoms with van der Waals surface area (Å²) in [6.07, 6.45) is 14.2. The Bertz CT molecular complexity index is 234. The maximum absolute atomic E-state index is 2.62. The fourth-order valence-electron chi connectivity index (χ4n) is 4.48. The molecule has 0 aromatic heterocycles. The fraction of sp³-hybridized carbons (Fsp3) is 1.00. The summed E-state index contributed by atoms with van der Waals surface area (Å²) in [6, 6.07) is 0. The first-order valence-corrected chi connectivity index (χ1v) is 8.51. The van der Waals surface area contributed by atoms with E-state index in [1.165, 1.54) is 57.1 Å². The van der Waals surface area contributed by atoms with E-state index in [4.69, 9.17) is 0 Å². The third-order valence-corrected chi connectivity index (χ3v) is 6.55. The van der Waals surface area contributed by atoms with Gasteiger partial charge in [-0.05, 0) is 60.9 Å². The lowest BCUT2D eigenvalue weighted by molar-refractivity contribution is -0.0751. The molecule has 0 bridgehead atoms. The molecule has 0 nitrogen and oxygen atoms in total. The molecule has 1 heteroatoms. The standard InChI is InChI=1S/C15H28S/c1-14-9-4-5-11-15(14,2)13(7-6-10-14)8-12-16-3/h13H,4-12H2,1-3H3/t13?,14-,15+/m1/s1. The topological polar surface area (TPSA) is 0 Å². The average Bonchev–Trinajstić information content (AvgIpc) is 2.27. The summed E-state index contributed by atoms with van der Waals surface area (Å²) in [4.78, 5) is 0. The van der Waals surface area contributed by atoms with Gasteiger partial charge in [0.05, 0.1) is 0 Å². The molecule has 94 valence electrons. The maximum atomic E-state index is 2.62. The van der Waals surface area contributed by atoms with E-state index in [2.05, 4.69) is 20.1 Å². The third kappa shape index (κ3) is 2.05. The summed E-state index contributed by atoms with van der Waals surface area (Å²) >= 11 is 2.03. The normalized spacial score (nSPS) is 44.1. The van der Waals surface area contributed by atoms with Crippen molar-refractivity contribution in [1.82, 2.24) is 0 Å². The van der Waals surface area contributed by atoms with Gasteiger partial charge in [0, 0.05) is 0 Å². The minimum Gasteiger partial charge on any atom is -0.165 e. The van der Waals surface area contributed by atoms with Gasteiger partial charge in [-0.2, -0.15) is 11.8 Å². The molecule has 0 aromatic carbocycles. The van der Waals surface area contributed by atoms with E-state index >= 15 is 0 Å². The van der Waals surface area contributed by atoms with E-state index < -0.39 is 0 Å². The number of hydrogen-bond donors (Lipinski definition) is 0. The van der Waals surface area contributed by atoms with Gasteiger partial charge in [-0.15, -0.1) is 0 Å². The Kier molecular flexibility index (Phi) is 3.93. The summed E-state index contributed by atoms with van der Waals surface area (Å²) in [5.74, 6) is 2.38. The van der Waals surface area contributed by atoms with Crippen molar-refractivity contribution in [3.05, 3.63) is 0 Å². The van der Waals surface area contributed by atoms with Gasteiger partial charge in [0.25, 0.3) is 0 Å². The van der Waals surface area contributed by atoms with Crippen molar-refractivity contribution in [2.75, 3.05) is 12.0 Å². The van der Waals surface area contributed by atoms with Gasteiger partial charge in [0.1, 0.15) is 0 Å². The zero-order chi connectivity index (χ0) is 11.6. The second-order valence-electron chi connectivity index (χ2n) is 6.56. The highest BCUT2D eigenvalue weighted by Crippen LogP contribution is 2.61. The van der Waals surface area contributed by atoms with Gasteiger partial charge in [-0.3, -0.25) is 0 Å². The van der Waals surface area contributed by atoms with Crippen molar-refractivity contribution >= 4 is 11.8 Å². The summed E-state index contributed by atoms with van der Waals surface area (Å²) in [6.45, 7) is 5.22. The van der Waals surface area contributed by atoms with Crippen LogP contribution in [0.1, 0.15) is 65.2 Å². The quantitative estimate of drug-likeness (QED) is 0.659. The Balaban J connectivity index is 2.13. The van der Waals surface area contributed by atoms with Crippen molar-refractivity contribution in [3.8, 4) is 0 Å². The molecule has 0 aromatic rings. The molecular formula is C15H28S. The van der Waals surface area contributed by atoms with Gasteiger partial charge in [0.15, 0.2) is 0 Å². The summed E-state index contributed by atoms with van der Waals surface area (Å²) in [5.41, 5.74) is 1.34. The Morgan fingerprint density at radius 2 is 1.75 bits per heavy atom. The number of rotatable bonds is 3. The van der Waals surface area contributed by atoms with Crippen LogP contribution in [0.2, 0.25) is 0 Å². The first-order valence-electron chi connectivity index (χ1n) is 7.11. The van der Waals surface area contributed by atoms with Crippen molar-refractivity contribution in [3.63, 3.8) is 0 Å². The molecule has 0 radical (unpaired) electrons. The van der Waals surface area contributed by atoms with Crippen molar-refractivity contribution in [2.24, 2.45) is 16.7 Å². The predicted molar refractivity (Wildman–Crippen MR) is 75.0 cm³/mol. The van der Waals surface area contributed by atoms with Crippen molar-refractivity contribution in [2.45, 2.75) is 65.2 Å². The smallest absolute Gasteiger partial charge is 0.00675 e. The van der Waals surface area contributed by atoms with Crippen LogP contribution in [-0.4, -0.2) is 12.0 Å². The summed E-state index contributed by atoms with van der Waals surface area (Å²) in [5, 5.41) is 0. The predicted octanol–water partition coefficient (Wildman–Crippen LogP) is 5.13. The minimum atomic E-state index is 0.666. The highest BCUT2D eigenvalue weighted by molar-refractivity contribution is 7.98. The largest absolute Gasteiger partial charge is 0.165 e. The van der Waals surface area contributed by atoms with Gasteiger partial charge in [-0.1, -0.05) is 33.1 Å². The van der Waals surface area contributed by atoms with Crippen LogP contribution in [0.3, 0.4) is 0 Å². The zero-order valence-electron chi connectivity index (χ0n) is 11.3. The lowest BCUT2D eigenvalue weighted by Crippen LogP contribution is -2.48. The molecule has 2 saturated carbocycles. The molecule has 2 rings (SSSR count). The maximum Gasteiger partial charge on any atom is -0.00675 e. The number of thioether (sulfide) groups is 1. The summed E-state index contributed by atoms with van der Waals surface area (Å²) in [7, 11) is 0. The Morgan fingerprint density at radius 1 is 1.06 bits per heavy atom. The van der Waals surface area contributed by atoms with Crippen molar-refractivity contribution in [1.29, 1.82) is 0 Å². The first kappa shape index (κ1) is 12.8. The fourth-order valence-corrected chi connectivity index (χ4v) is 5.00. The van der Waals surface area contributed by atoms with Crippen LogP contribution in [0.4, 0.5) is 0 Å². The number of fused-ring (bicyclic) bond motifs is 1. The van der Waals surface area contributed by atoms with E-state index in [0.717, 1.165) is 5.92 Å². The molecule has 1 unspecified atom stereocenters. The molecule has 0 N–H and O–H groups in total. The van der Waals surface area contributed by atoms with Crippen LogP contribution in [-0.2, 0) is 0 Å². The SMILES string of the molecule is CSCCC1CCC[C@@]2(C)CCCC[C@@]12C. The lowest BCUT2D eigenvalue weighted by Gasteiger charge is -2.58. The van der Waals surface area contributed by atoms with Crippen LogP contribution >= 0.6 is 11.8 Å². The monoisotopic (exact) mass is 240 g/mol. The van der Waals surface area contributed by atoms with Crippen LogP contribution in [0.15, 0.2) is 0 Å². The number of hydrogen-bond acceptors (Lipinski definition) is 1. The molecule has 16 heavy (non-hydrogen) atoms. The van der Waals surface area contributed by atoms with Gasteiger partial charge in [-0.25, -0.2) is 0 Å². The molecule has 2 fully saturated rings. The van der Waals surface area contributed by atoms with E-state index in [9.17, 15) is 0 Å². The van der Waals surface area contributed by atoms with E-state index in [0.29, 0.717) is 10.8 Å². The van der Waals surface area contributed by atoms with Gasteiger partial charge >= 0.3 is 0 Å². The van der Waals surface area contributed by atoms with Crippen LogP contribution < -0.4 is 0 Å². The summed E-state index contributed by atoms with van der Waals surface area (Å²) < 4.78 is 0. The first-order chi connectivity index (χ1) is 7.62. The Morgan fingerprint density at radius 3 is 2.50 bits per heavy atom. The molecule has 0 heterocycles. The zero-order valence-corrected chi connectivity index (χ0v) is 12.2. The van der Waals surface area contributed by atoms with Crippen LogP contribution in [0, 0.1) is 16.7 Å². The van der Waals surface area contributed by atoms with Crippen LogP contribution in [0.5, 0.6) is 0 Å². The highest BCUT2D eigenvalue weighted by Gasteiger charge is 2.51. The van der Waals surface area contributed by atoms with Crippen LogP contribution in [0.25, 0.3) is 0 Å². The Labute approximate surface area is 106 Å². The van der Waals surface area contributed by atoms with E-state index in [1.54, 1.807) is 0 Å². The Hall–Kier alpha value is 0.350. The lowest BCUT2D eigenvalue weighted by atomic mass is 9.47. The second kappa shape index (κ2) is 4.92. The van der Waals surface area contributed by atoms with Crippen molar-refractivity contribution < 1.29 is 0 Å². The molecule has 2 aliphatic rings. The molecule has 0 aliphatic heterocycles. The highest BCUT2D eigenvalue weighted by atomic mass is 32.2. The second-order valence-corrected chi connectivity index (χ2v) is 7.54. The average molecular weight is 240 g/mol.